The minimum Gasteiger partial charge on any atom is -0.461 e. The molecule has 0 aliphatic carbocycles. The monoisotopic (exact) mass is 724 g/mol. The molecule has 4 aliphatic rings. The lowest BCUT2D eigenvalue weighted by Gasteiger charge is -2.41. The maximum Gasteiger partial charge on any atom is 0.345 e. The molecular weight excluding hydrogens is 694 g/mol. The van der Waals surface area contributed by atoms with E-state index in [1.807, 2.05) is 17.0 Å². The summed E-state index contributed by atoms with van der Waals surface area (Å²) in [5.41, 5.74) is 6.32. The Bertz CT molecular complexity index is 2370. The molecule has 0 saturated carbocycles. The number of nitrogens with zero attached hydrogens (tertiary/aromatic N) is 9. The molecule has 9 rings (SSSR count). The zero-order valence-corrected chi connectivity index (χ0v) is 28.5. The molecule has 4 saturated heterocycles. The molecule has 7 heterocycles. The van der Waals surface area contributed by atoms with E-state index < -0.39 is 23.3 Å². The van der Waals surface area contributed by atoms with Crippen LogP contribution in [0, 0.1) is 34.3 Å². The third-order valence-corrected chi connectivity index (χ3v) is 12.2. The number of nitrogen functional groups attached to an aromatic ring is 1. The highest BCUT2D eigenvalue weighted by Gasteiger charge is 2.50. The van der Waals surface area contributed by atoms with Crippen LogP contribution in [-0.4, -0.2) is 92.2 Å². The number of thiophene rings is 1. The van der Waals surface area contributed by atoms with Gasteiger partial charge in [-0.2, -0.15) is 30.3 Å². The predicted molar refractivity (Wildman–Crippen MR) is 187 cm³/mol. The van der Waals surface area contributed by atoms with Crippen molar-refractivity contribution in [3.63, 3.8) is 0 Å². The van der Waals surface area contributed by atoms with Crippen LogP contribution in [0.4, 0.5) is 28.8 Å². The maximum absolute atomic E-state index is 17.0. The van der Waals surface area contributed by atoms with Crippen molar-refractivity contribution in [1.82, 2.24) is 29.5 Å². The van der Waals surface area contributed by atoms with Gasteiger partial charge in [-0.3, -0.25) is 4.90 Å². The van der Waals surface area contributed by atoms with Gasteiger partial charge in [-0.05, 0) is 49.9 Å². The van der Waals surface area contributed by atoms with Crippen molar-refractivity contribution in [2.75, 3.05) is 43.4 Å². The van der Waals surface area contributed by atoms with Crippen molar-refractivity contribution in [3.8, 4) is 29.3 Å². The summed E-state index contributed by atoms with van der Waals surface area (Å²) in [7, 11) is 0. The van der Waals surface area contributed by atoms with Gasteiger partial charge in [0.15, 0.2) is 5.82 Å². The Kier molecular flexibility index (Phi) is 7.53. The Balaban J connectivity index is 1.13. The van der Waals surface area contributed by atoms with E-state index in [1.165, 1.54) is 29.2 Å². The number of nitrogens with two attached hydrogens (primary N) is 1. The van der Waals surface area contributed by atoms with Gasteiger partial charge in [0, 0.05) is 42.4 Å². The van der Waals surface area contributed by atoms with Gasteiger partial charge >= 0.3 is 12.0 Å². The molecule has 52 heavy (non-hydrogen) atoms. The number of ether oxygens (including phenoxy) is 1. The van der Waals surface area contributed by atoms with Gasteiger partial charge in [0.2, 0.25) is 0 Å². The minimum absolute atomic E-state index is 0.0290. The predicted octanol–water partition coefficient (Wildman–Crippen LogP) is 5.59. The average Bonchev–Trinajstić information content (AvgIpc) is 3.95. The molecule has 12 nitrogen and oxygen atoms in total. The molecule has 4 atom stereocenters. The number of nitriles is 2. The van der Waals surface area contributed by atoms with Crippen LogP contribution in [0.2, 0.25) is 0 Å². The number of hydrogen-bond acceptors (Lipinski definition) is 11. The SMILES string of the molecule is N#Cc1cnn(C(=O)N2C3CCC2CN(c2nc(OC[C@@]45CCCN4C[C@H](F)C5)nc4c(F)c(-c5ccc(F)c6sc(N)c(C#N)c56)ccc24)C3)c1. The second kappa shape index (κ2) is 12.1. The fraction of sp³-hybridized carbons (Fsp3) is 0.389. The number of benzene rings is 2. The van der Waals surface area contributed by atoms with E-state index in [0.717, 1.165) is 43.6 Å². The van der Waals surface area contributed by atoms with Gasteiger partial charge < -0.3 is 20.3 Å². The van der Waals surface area contributed by atoms with E-state index in [1.54, 1.807) is 17.0 Å². The molecule has 1 amide bonds. The van der Waals surface area contributed by atoms with Crippen LogP contribution < -0.4 is 15.4 Å². The lowest BCUT2D eigenvalue weighted by molar-refractivity contribution is 0.107. The van der Waals surface area contributed by atoms with Crippen LogP contribution in [-0.2, 0) is 0 Å². The zero-order valence-electron chi connectivity index (χ0n) is 27.7. The zero-order chi connectivity index (χ0) is 35.9. The number of rotatable bonds is 5. The molecular formula is C36H31F3N10O2S. The molecule has 2 bridgehead atoms. The molecule has 0 spiro atoms. The summed E-state index contributed by atoms with van der Waals surface area (Å²) in [6.45, 7) is 2.04. The van der Waals surface area contributed by atoms with Crippen molar-refractivity contribution in [2.45, 2.75) is 55.9 Å². The fourth-order valence-corrected chi connectivity index (χ4v) is 9.75. The van der Waals surface area contributed by atoms with Crippen LogP contribution in [0.15, 0.2) is 36.7 Å². The van der Waals surface area contributed by atoms with Crippen LogP contribution in [0.1, 0.15) is 43.2 Å². The number of piperazine rings is 1. The third-order valence-electron chi connectivity index (χ3n) is 11.1. The van der Waals surface area contributed by atoms with Crippen molar-refractivity contribution in [1.29, 1.82) is 10.5 Å². The van der Waals surface area contributed by atoms with Crippen LogP contribution in [0.5, 0.6) is 6.01 Å². The van der Waals surface area contributed by atoms with Crippen molar-refractivity contribution in [2.24, 2.45) is 0 Å². The summed E-state index contributed by atoms with van der Waals surface area (Å²) >= 11 is 0.934. The summed E-state index contributed by atoms with van der Waals surface area (Å²) in [4.78, 5) is 28.9. The van der Waals surface area contributed by atoms with E-state index in [2.05, 4.69) is 15.0 Å². The Hall–Kier alpha value is -5.45. The molecule has 4 fully saturated rings. The van der Waals surface area contributed by atoms with Gasteiger partial charge in [0.1, 0.15) is 47.1 Å². The number of alkyl halides is 1. The van der Waals surface area contributed by atoms with Gasteiger partial charge in [-0.1, -0.05) is 12.1 Å². The van der Waals surface area contributed by atoms with E-state index >= 15 is 4.39 Å². The topological polar surface area (TPSA) is 153 Å². The van der Waals surface area contributed by atoms with Gasteiger partial charge in [0.25, 0.3) is 0 Å². The standard InChI is InChI=1S/C36H31F3N10O2S/c37-20-10-36(8-1-9-47(36)15-20)18-51-34-44-30-25(5-4-24(29(30)39)23-6-7-27(38)31-28(23)26(12-41)32(42)52-31)33(45-34)46-16-21-2-3-22(17-46)49(21)35(50)48-14-19(11-40)13-43-48/h4-7,13-14,20-22H,1-3,8-10,15-18,42H2/t20-,21?,22?,36+/m1/s1. The summed E-state index contributed by atoms with van der Waals surface area (Å²) in [6.07, 6.45) is 5.29. The molecule has 2 unspecified atom stereocenters. The number of amides is 1. The number of carbonyl (C=O) groups is 1. The van der Waals surface area contributed by atoms with E-state index in [0.29, 0.717) is 42.8 Å². The summed E-state index contributed by atoms with van der Waals surface area (Å²) in [5.74, 6) is -0.842. The van der Waals surface area contributed by atoms with Gasteiger partial charge in [-0.15, -0.1) is 11.3 Å². The largest absolute Gasteiger partial charge is 0.461 e. The van der Waals surface area contributed by atoms with Crippen molar-refractivity contribution >= 4 is 49.2 Å². The molecule has 16 heteroatoms. The Morgan fingerprint density at radius 2 is 1.87 bits per heavy atom. The average molecular weight is 725 g/mol. The van der Waals surface area contributed by atoms with Crippen LogP contribution >= 0.6 is 11.3 Å². The maximum atomic E-state index is 17.0. The fourth-order valence-electron chi connectivity index (χ4n) is 8.80. The van der Waals surface area contributed by atoms with E-state index in [9.17, 15) is 24.1 Å². The molecule has 3 aromatic heterocycles. The summed E-state index contributed by atoms with van der Waals surface area (Å²) in [5, 5.41) is 24.0. The first-order valence-corrected chi connectivity index (χ1v) is 17.9. The summed E-state index contributed by atoms with van der Waals surface area (Å²) < 4.78 is 54.1. The molecule has 2 N–H and O–H groups in total. The number of hydrogen-bond donors (Lipinski definition) is 1. The lowest BCUT2D eigenvalue weighted by atomic mass is 9.95. The molecule has 5 aromatic rings. The van der Waals surface area contributed by atoms with Crippen molar-refractivity contribution in [3.05, 3.63) is 59.4 Å². The normalized spacial score (nSPS) is 24.1. The number of fused-ring (bicyclic) bond motifs is 5. The van der Waals surface area contributed by atoms with Gasteiger partial charge in [0.05, 0.1) is 45.8 Å². The third kappa shape index (κ3) is 4.96. The minimum atomic E-state index is -0.961. The molecule has 4 aliphatic heterocycles. The second-order valence-corrected chi connectivity index (χ2v) is 15.1. The molecule has 0 radical (unpaired) electrons. The number of aromatic nitrogens is 4. The first-order chi connectivity index (χ1) is 25.2. The first-order valence-electron chi connectivity index (χ1n) is 17.1. The number of halogens is 3. The Morgan fingerprint density at radius 1 is 1.08 bits per heavy atom. The highest BCUT2D eigenvalue weighted by atomic mass is 32.1. The number of anilines is 2. The highest BCUT2D eigenvalue weighted by molar-refractivity contribution is 7.23. The smallest absolute Gasteiger partial charge is 0.345 e. The van der Waals surface area contributed by atoms with E-state index in [-0.39, 0.29) is 68.0 Å². The van der Waals surface area contributed by atoms with E-state index in [4.69, 9.17) is 15.5 Å². The Morgan fingerprint density at radius 3 is 2.62 bits per heavy atom. The summed E-state index contributed by atoms with van der Waals surface area (Å²) in [6, 6.07) is 9.19. The van der Waals surface area contributed by atoms with Crippen LogP contribution in [0.3, 0.4) is 0 Å². The highest BCUT2D eigenvalue weighted by Crippen LogP contribution is 2.44. The van der Waals surface area contributed by atoms with Gasteiger partial charge in [-0.25, -0.2) is 18.0 Å². The lowest BCUT2D eigenvalue weighted by Crippen LogP contribution is -2.57. The van der Waals surface area contributed by atoms with Crippen LogP contribution in [0.25, 0.3) is 32.1 Å². The molecule has 2 aromatic carbocycles. The molecule has 264 valence electrons. The Labute approximate surface area is 299 Å². The number of carbonyl (C=O) groups excluding carboxylic acids is 1. The first kappa shape index (κ1) is 32.5. The second-order valence-electron chi connectivity index (χ2n) is 14.0. The van der Waals surface area contributed by atoms with Crippen molar-refractivity contribution < 1.29 is 22.7 Å². The quantitative estimate of drug-likeness (QED) is 0.243.